The molecular weight excluding hydrogens is 499 g/mol. The van der Waals surface area contributed by atoms with Gasteiger partial charge >= 0.3 is 0 Å². The smallest absolute Gasteiger partial charge is 0.193 e. The first-order valence-electron chi connectivity index (χ1n) is 10.3. The summed E-state index contributed by atoms with van der Waals surface area (Å²) in [6, 6.07) is 0. The molecule has 1 saturated heterocycles. The predicted octanol–water partition coefficient (Wildman–Crippen LogP) is 2.95. The first-order chi connectivity index (χ1) is 13.7. The number of hydrogen-bond donors (Lipinski definition) is 1. The van der Waals surface area contributed by atoms with Crippen LogP contribution in [0.2, 0.25) is 0 Å². The van der Waals surface area contributed by atoms with E-state index in [1.807, 2.05) is 42.5 Å². The maximum absolute atomic E-state index is 5.94. The fourth-order valence-electron chi connectivity index (χ4n) is 3.93. The minimum atomic E-state index is 0. The Labute approximate surface area is 194 Å². The number of morpholine rings is 1. The van der Waals surface area contributed by atoms with Crippen LogP contribution in [0.25, 0.3) is 0 Å². The normalized spacial score (nSPS) is 19.6. The zero-order valence-corrected chi connectivity index (χ0v) is 20.4. The van der Waals surface area contributed by atoms with Crippen molar-refractivity contribution in [2.45, 2.75) is 44.6 Å². The first kappa shape index (κ1) is 22.5. The van der Waals surface area contributed by atoms with Crippen LogP contribution >= 0.6 is 35.3 Å². The highest BCUT2D eigenvalue weighted by Gasteiger charge is 2.25. The molecular formula is C20H31IN6OS. The Hall–Kier alpha value is -1.20. The van der Waals surface area contributed by atoms with Crippen molar-refractivity contribution in [3.8, 4) is 0 Å². The number of aryl methyl sites for hydroxylation is 4. The van der Waals surface area contributed by atoms with Gasteiger partial charge in [0.05, 0.1) is 30.1 Å². The molecule has 4 rings (SSSR count). The molecule has 0 saturated carbocycles. The summed E-state index contributed by atoms with van der Waals surface area (Å²) in [5.41, 5.74) is 2.49. The highest BCUT2D eigenvalue weighted by molar-refractivity contribution is 14.0. The van der Waals surface area contributed by atoms with Crippen molar-refractivity contribution in [1.82, 2.24) is 25.0 Å². The van der Waals surface area contributed by atoms with E-state index in [1.165, 1.54) is 41.3 Å². The monoisotopic (exact) mass is 530 g/mol. The Morgan fingerprint density at radius 2 is 2.24 bits per heavy atom. The molecule has 1 aliphatic heterocycles. The van der Waals surface area contributed by atoms with E-state index in [-0.39, 0.29) is 30.1 Å². The number of nitrogens with zero attached hydrogens (tertiary/aromatic N) is 5. The van der Waals surface area contributed by atoms with E-state index in [9.17, 15) is 0 Å². The van der Waals surface area contributed by atoms with Crippen LogP contribution in [0.5, 0.6) is 0 Å². The van der Waals surface area contributed by atoms with Gasteiger partial charge in [0.1, 0.15) is 6.10 Å². The summed E-state index contributed by atoms with van der Waals surface area (Å²) < 4.78 is 7.76. The SMILES string of the molecule is CN=C(NCCCc1nc2c(s1)CCCC2)N1CCOC(c2cnn(C)c2)C1.I. The topological polar surface area (TPSA) is 67.6 Å². The van der Waals surface area contributed by atoms with Crippen LogP contribution in [0.1, 0.15) is 46.5 Å². The number of guanidine groups is 1. The molecule has 0 spiro atoms. The molecule has 9 heteroatoms. The summed E-state index contributed by atoms with van der Waals surface area (Å²) in [6.07, 6.45) is 11.1. The van der Waals surface area contributed by atoms with E-state index in [0.29, 0.717) is 6.61 Å². The molecule has 1 aliphatic carbocycles. The van der Waals surface area contributed by atoms with Crippen LogP contribution < -0.4 is 5.32 Å². The molecule has 29 heavy (non-hydrogen) atoms. The molecule has 0 amide bonds. The molecule has 2 aromatic heterocycles. The summed E-state index contributed by atoms with van der Waals surface area (Å²) in [7, 11) is 3.79. The van der Waals surface area contributed by atoms with Crippen molar-refractivity contribution < 1.29 is 4.74 Å². The van der Waals surface area contributed by atoms with Crippen molar-refractivity contribution in [2.75, 3.05) is 33.3 Å². The second-order valence-electron chi connectivity index (χ2n) is 7.51. The predicted molar refractivity (Wildman–Crippen MR) is 127 cm³/mol. The van der Waals surface area contributed by atoms with E-state index in [0.717, 1.165) is 44.0 Å². The standard InChI is InChI=1S/C20H30N6OS.HI/c1-21-20(26-10-11-27-17(14-26)15-12-23-25(2)13-15)22-9-5-8-19-24-16-6-3-4-7-18(16)28-19;/h12-13,17H,3-11,14H2,1-2H3,(H,21,22);1H. The van der Waals surface area contributed by atoms with Crippen LogP contribution in [0.4, 0.5) is 0 Å². The average Bonchev–Trinajstić information content (AvgIpc) is 3.34. The first-order valence-corrected chi connectivity index (χ1v) is 11.1. The maximum atomic E-state index is 5.94. The molecule has 2 aromatic rings. The van der Waals surface area contributed by atoms with Gasteiger partial charge in [0, 0.05) is 50.2 Å². The molecule has 0 aromatic carbocycles. The largest absolute Gasteiger partial charge is 0.370 e. The Kier molecular flexibility index (Phi) is 8.31. The van der Waals surface area contributed by atoms with Crippen LogP contribution in [0.3, 0.4) is 0 Å². The van der Waals surface area contributed by atoms with Crippen molar-refractivity contribution >= 4 is 41.3 Å². The van der Waals surface area contributed by atoms with Gasteiger partial charge in [-0.2, -0.15) is 5.10 Å². The van der Waals surface area contributed by atoms with Crippen molar-refractivity contribution in [3.63, 3.8) is 0 Å². The number of fused-ring (bicyclic) bond motifs is 1. The molecule has 1 N–H and O–H groups in total. The molecule has 1 atom stereocenters. The third-order valence-electron chi connectivity index (χ3n) is 5.41. The summed E-state index contributed by atoms with van der Waals surface area (Å²) in [5, 5.41) is 9.09. The Balaban J connectivity index is 0.00000240. The number of rotatable bonds is 5. The number of halogens is 1. The minimum Gasteiger partial charge on any atom is -0.370 e. The van der Waals surface area contributed by atoms with Crippen molar-refractivity contribution in [3.05, 3.63) is 33.5 Å². The molecule has 3 heterocycles. The Bertz CT molecular complexity index is 796. The highest BCUT2D eigenvalue weighted by Crippen LogP contribution is 2.27. The number of ether oxygens (including phenoxy) is 1. The van der Waals surface area contributed by atoms with Crippen LogP contribution in [-0.4, -0.2) is 58.9 Å². The van der Waals surface area contributed by atoms with E-state index >= 15 is 0 Å². The number of thiazole rings is 1. The molecule has 160 valence electrons. The molecule has 0 radical (unpaired) electrons. The second kappa shape index (κ2) is 10.7. The zero-order chi connectivity index (χ0) is 19.3. The second-order valence-corrected chi connectivity index (χ2v) is 8.68. The fourth-order valence-corrected chi connectivity index (χ4v) is 5.13. The van der Waals surface area contributed by atoms with Crippen LogP contribution in [0.15, 0.2) is 17.4 Å². The number of aromatic nitrogens is 3. The highest BCUT2D eigenvalue weighted by atomic mass is 127. The maximum Gasteiger partial charge on any atom is 0.193 e. The van der Waals surface area contributed by atoms with Crippen molar-refractivity contribution in [1.29, 1.82) is 0 Å². The van der Waals surface area contributed by atoms with Crippen molar-refractivity contribution in [2.24, 2.45) is 12.0 Å². The van der Waals surface area contributed by atoms with Gasteiger partial charge in [0.25, 0.3) is 0 Å². The average molecular weight is 530 g/mol. The lowest BCUT2D eigenvalue weighted by molar-refractivity contribution is -0.00801. The van der Waals surface area contributed by atoms with E-state index < -0.39 is 0 Å². The lowest BCUT2D eigenvalue weighted by Gasteiger charge is -2.34. The van der Waals surface area contributed by atoms with Crippen LogP contribution in [0, 0.1) is 0 Å². The molecule has 0 bridgehead atoms. The van der Waals surface area contributed by atoms with Crippen LogP contribution in [-0.2, 0) is 31.0 Å². The fraction of sp³-hybridized carbons (Fsp3) is 0.650. The van der Waals surface area contributed by atoms with Gasteiger partial charge in [-0.25, -0.2) is 4.98 Å². The van der Waals surface area contributed by atoms with E-state index in [1.54, 1.807) is 0 Å². The van der Waals surface area contributed by atoms with Gasteiger partial charge in [-0.3, -0.25) is 9.67 Å². The third kappa shape index (κ3) is 5.69. The molecule has 1 fully saturated rings. The van der Waals surface area contributed by atoms with Gasteiger partial charge in [-0.05, 0) is 32.1 Å². The number of hydrogen-bond acceptors (Lipinski definition) is 5. The summed E-state index contributed by atoms with van der Waals surface area (Å²) in [6.45, 7) is 3.26. The Morgan fingerprint density at radius 1 is 1.38 bits per heavy atom. The van der Waals surface area contributed by atoms with Gasteiger partial charge in [0.15, 0.2) is 5.96 Å². The lowest BCUT2D eigenvalue weighted by atomic mass is 10.0. The Morgan fingerprint density at radius 3 is 3.00 bits per heavy atom. The summed E-state index contributed by atoms with van der Waals surface area (Å²) in [5.74, 6) is 0.954. The summed E-state index contributed by atoms with van der Waals surface area (Å²) in [4.78, 5) is 13.1. The zero-order valence-electron chi connectivity index (χ0n) is 17.3. The van der Waals surface area contributed by atoms with Gasteiger partial charge in [0.2, 0.25) is 0 Å². The van der Waals surface area contributed by atoms with Gasteiger partial charge in [-0.1, -0.05) is 0 Å². The van der Waals surface area contributed by atoms with Gasteiger partial charge in [-0.15, -0.1) is 35.3 Å². The van der Waals surface area contributed by atoms with E-state index in [4.69, 9.17) is 9.72 Å². The lowest BCUT2D eigenvalue weighted by Crippen LogP contribution is -2.48. The summed E-state index contributed by atoms with van der Waals surface area (Å²) >= 11 is 1.92. The quantitative estimate of drug-likeness (QED) is 0.279. The number of nitrogens with one attached hydrogen (secondary N) is 1. The minimum absolute atomic E-state index is 0. The number of aliphatic imine (C=N–C) groups is 1. The third-order valence-corrected chi connectivity index (χ3v) is 6.63. The molecule has 7 nitrogen and oxygen atoms in total. The van der Waals surface area contributed by atoms with E-state index in [2.05, 4.69) is 20.3 Å². The molecule has 2 aliphatic rings. The molecule has 1 unspecified atom stereocenters. The van der Waals surface area contributed by atoms with Gasteiger partial charge < -0.3 is 15.0 Å².